The van der Waals surface area contributed by atoms with Crippen molar-refractivity contribution in [1.82, 2.24) is 4.98 Å². The van der Waals surface area contributed by atoms with Gasteiger partial charge in [0.2, 0.25) is 5.60 Å². The van der Waals surface area contributed by atoms with Crippen molar-refractivity contribution in [3.05, 3.63) is 71.8 Å². The van der Waals surface area contributed by atoms with Crippen molar-refractivity contribution >= 4 is 6.08 Å². The SMILES string of the molecule is OC(C=Cc1cccc(F)c1)(c1cccnc1)C(F)(F)F. The van der Waals surface area contributed by atoms with Crippen LogP contribution in [0.4, 0.5) is 17.6 Å². The standard InChI is InChI=1S/C15H11F4NO/c16-13-5-1-3-11(9-13)6-7-14(21,15(17,18)19)12-4-2-8-20-10-12/h1-10,21H. The van der Waals surface area contributed by atoms with Crippen molar-refractivity contribution in [2.75, 3.05) is 0 Å². The molecule has 0 saturated heterocycles. The molecule has 6 heteroatoms. The highest BCUT2D eigenvalue weighted by molar-refractivity contribution is 5.52. The van der Waals surface area contributed by atoms with E-state index in [1.54, 1.807) is 0 Å². The number of hydrogen-bond acceptors (Lipinski definition) is 2. The van der Waals surface area contributed by atoms with Crippen LogP contribution in [0.15, 0.2) is 54.9 Å². The topological polar surface area (TPSA) is 33.1 Å². The molecule has 0 amide bonds. The Hall–Kier alpha value is -2.21. The number of benzene rings is 1. The Kier molecular flexibility index (Phi) is 4.09. The van der Waals surface area contributed by atoms with Crippen molar-refractivity contribution < 1.29 is 22.7 Å². The molecule has 1 heterocycles. The average Bonchev–Trinajstić information content (AvgIpc) is 2.44. The summed E-state index contributed by atoms with van der Waals surface area (Å²) in [5.41, 5.74) is -3.39. The lowest BCUT2D eigenvalue weighted by atomic mass is 9.93. The van der Waals surface area contributed by atoms with Gasteiger partial charge in [0.1, 0.15) is 5.82 Å². The van der Waals surface area contributed by atoms with Crippen LogP contribution in [0.5, 0.6) is 0 Å². The summed E-state index contributed by atoms with van der Waals surface area (Å²) in [6.45, 7) is 0. The molecule has 0 radical (unpaired) electrons. The largest absolute Gasteiger partial charge is 0.425 e. The van der Waals surface area contributed by atoms with E-state index in [0.717, 1.165) is 24.4 Å². The molecule has 2 aromatic rings. The van der Waals surface area contributed by atoms with Gasteiger partial charge in [0.15, 0.2) is 0 Å². The maximum absolute atomic E-state index is 13.2. The number of nitrogens with zero attached hydrogens (tertiary/aromatic N) is 1. The summed E-state index contributed by atoms with van der Waals surface area (Å²) < 4.78 is 52.5. The lowest BCUT2D eigenvalue weighted by Gasteiger charge is -2.27. The monoisotopic (exact) mass is 297 g/mol. The van der Waals surface area contributed by atoms with E-state index in [4.69, 9.17) is 0 Å². The molecule has 0 aliphatic carbocycles. The Morgan fingerprint density at radius 2 is 1.86 bits per heavy atom. The zero-order chi connectivity index (χ0) is 15.5. The van der Waals surface area contributed by atoms with Crippen molar-refractivity contribution in [3.8, 4) is 0 Å². The van der Waals surface area contributed by atoms with Crippen LogP contribution in [0.3, 0.4) is 0 Å². The van der Waals surface area contributed by atoms with Crippen LogP contribution in [0.25, 0.3) is 6.08 Å². The number of hydrogen-bond donors (Lipinski definition) is 1. The van der Waals surface area contributed by atoms with Crippen LogP contribution in [0.2, 0.25) is 0 Å². The molecule has 0 aliphatic heterocycles. The normalized spacial score (nSPS) is 15.1. The van der Waals surface area contributed by atoms with Crippen LogP contribution < -0.4 is 0 Å². The molecule has 0 fully saturated rings. The minimum atomic E-state index is -4.93. The summed E-state index contributed by atoms with van der Waals surface area (Å²) in [7, 11) is 0. The Balaban J connectivity index is 2.43. The van der Waals surface area contributed by atoms with E-state index in [-0.39, 0.29) is 5.56 Å². The Bertz CT molecular complexity index is 640. The molecular formula is C15H11F4NO. The van der Waals surface area contributed by atoms with Crippen molar-refractivity contribution in [3.63, 3.8) is 0 Å². The Morgan fingerprint density at radius 1 is 1.10 bits per heavy atom. The van der Waals surface area contributed by atoms with Crippen molar-refractivity contribution in [2.24, 2.45) is 0 Å². The number of pyridine rings is 1. The molecular weight excluding hydrogens is 286 g/mol. The fourth-order valence-electron chi connectivity index (χ4n) is 1.77. The van der Waals surface area contributed by atoms with Gasteiger partial charge in [-0.2, -0.15) is 13.2 Å². The highest BCUT2D eigenvalue weighted by atomic mass is 19.4. The fourth-order valence-corrected chi connectivity index (χ4v) is 1.77. The first-order chi connectivity index (χ1) is 9.83. The van der Waals surface area contributed by atoms with E-state index in [2.05, 4.69) is 4.98 Å². The van der Waals surface area contributed by atoms with Crippen LogP contribution in [0.1, 0.15) is 11.1 Å². The maximum atomic E-state index is 13.2. The summed E-state index contributed by atoms with van der Waals surface area (Å²) >= 11 is 0. The zero-order valence-electron chi connectivity index (χ0n) is 10.7. The Labute approximate surface area is 118 Å². The predicted molar refractivity (Wildman–Crippen MR) is 69.6 cm³/mol. The summed E-state index contributed by atoms with van der Waals surface area (Å²) in [5.74, 6) is -0.575. The highest BCUT2D eigenvalue weighted by Gasteiger charge is 2.53. The third-order valence-electron chi connectivity index (χ3n) is 2.90. The minimum absolute atomic E-state index is 0.210. The lowest BCUT2D eigenvalue weighted by molar-refractivity contribution is -0.245. The average molecular weight is 297 g/mol. The van der Waals surface area contributed by atoms with Gasteiger partial charge in [-0.25, -0.2) is 4.39 Å². The van der Waals surface area contributed by atoms with Gasteiger partial charge in [-0.15, -0.1) is 0 Å². The first-order valence-electron chi connectivity index (χ1n) is 5.97. The molecule has 110 valence electrons. The summed E-state index contributed by atoms with van der Waals surface area (Å²) in [6, 6.07) is 7.45. The minimum Gasteiger partial charge on any atom is -0.373 e. The second kappa shape index (κ2) is 5.65. The lowest BCUT2D eigenvalue weighted by Crippen LogP contribution is -2.40. The van der Waals surface area contributed by atoms with E-state index in [1.807, 2.05) is 0 Å². The van der Waals surface area contributed by atoms with E-state index in [0.29, 0.717) is 6.08 Å². The van der Waals surface area contributed by atoms with E-state index >= 15 is 0 Å². The molecule has 1 N–H and O–H groups in total. The first kappa shape index (κ1) is 15.2. The third kappa shape index (κ3) is 3.28. The molecule has 1 atom stereocenters. The van der Waals surface area contributed by atoms with E-state index < -0.39 is 23.2 Å². The molecule has 1 unspecified atom stereocenters. The molecule has 2 rings (SSSR count). The fraction of sp³-hybridized carbons (Fsp3) is 0.133. The van der Waals surface area contributed by atoms with Gasteiger partial charge >= 0.3 is 6.18 Å². The van der Waals surface area contributed by atoms with Crippen LogP contribution in [-0.2, 0) is 5.60 Å². The molecule has 0 aliphatic rings. The van der Waals surface area contributed by atoms with Crippen LogP contribution in [0, 0.1) is 5.82 Å². The summed E-state index contributed by atoms with van der Waals surface area (Å²) in [4.78, 5) is 3.58. The molecule has 2 nitrogen and oxygen atoms in total. The van der Waals surface area contributed by atoms with Gasteiger partial charge in [0, 0.05) is 18.0 Å². The zero-order valence-corrected chi connectivity index (χ0v) is 10.7. The highest BCUT2D eigenvalue weighted by Crippen LogP contribution is 2.40. The number of aliphatic hydroxyl groups is 1. The molecule has 1 aromatic heterocycles. The van der Waals surface area contributed by atoms with E-state index in [9.17, 15) is 22.7 Å². The van der Waals surface area contributed by atoms with Gasteiger partial charge in [0.05, 0.1) is 0 Å². The second-order valence-corrected chi connectivity index (χ2v) is 4.39. The van der Waals surface area contributed by atoms with Crippen LogP contribution >= 0.6 is 0 Å². The second-order valence-electron chi connectivity index (χ2n) is 4.39. The molecule has 0 bridgehead atoms. The van der Waals surface area contributed by atoms with Crippen molar-refractivity contribution in [1.29, 1.82) is 0 Å². The smallest absolute Gasteiger partial charge is 0.373 e. The first-order valence-corrected chi connectivity index (χ1v) is 5.97. The van der Waals surface area contributed by atoms with E-state index in [1.165, 1.54) is 30.5 Å². The van der Waals surface area contributed by atoms with Gasteiger partial charge in [0.25, 0.3) is 0 Å². The number of alkyl halides is 3. The number of aromatic nitrogens is 1. The van der Waals surface area contributed by atoms with Crippen LogP contribution in [-0.4, -0.2) is 16.3 Å². The van der Waals surface area contributed by atoms with Gasteiger partial charge in [-0.05, 0) is 29.8 Å². The summed E-state index contributed by atoms with van der Waals surface area (Å²) in [5, 5.41) is 10.0. The quantitative estimate of drug-likeness (QED) is 0.877. The number of halogens is 4. The number of rotatable bonds is 3. The van der Waals surface area contributed by atoms with Gasteiger partial charge in [-0.1, -0.05) is 24.3 Å². The molecule has 21 heavy (non-hydrogen) atoms. The summed E-state index contributed by atoms with van der Waals surface area (Å²) in [6.07, 6.45) is -1.10. The van der Waals surface area contributed by atoms with Crippen molar-refractivity contribution in [2.45, 2.75) is 11.8 Å². The Morgan fingerprint density at radius 3 is 2.43 bits per heavy atom. The van der Waals surface area contributed by atoms with Gasteiger partial charge in [-0.3, -0.25) is 4.98 Å². The molecule has 1 aromatic carbocycles. The molecule has 0 spiro atoms. The maximum Gasteiger partial charge on any atom is 0.425 e. The van der Waals surface area contributed by atoms with Gasteiger partial charge < -0.3 is 5.11 Å². The third-order valence-corrected chi connectivity index (χ3v) is 2.90. The predicted octanol–water partition coefficient (Wildman–Crippen LogP) is 3.68. The molecule has 0 saturated carbocycles.